The topological polar surface area (TPSA) is 72.8 Å². The third-order valence-electron chi connectivity index (χ3n) is 5.85. The monoisotopic (exact) mass is 433 g/mol. The average molecular weight is 434 g/mol. The van der Waals surface area contributed by atoms with Crippen LogP contribution in [0.25, 0.3) is 5.69 Å². The molecule has 1 aromatic heterocycles. The summed E-state index contributed by atoms with van der Waals surface area (Å²) in [5.41, 5.74) is 4.36. The van der Waals surface area contributed by atoms with Crippen molar-refractivity contribution in [3.8, 4) is 17.2 Å². The number of aryl methyl sites for hydroxylation is 2. The lowest BCUT2D eigenvalue weighted by molar-refractivity contribution is -0.122. The molecule has 1 aliphatic rings. The second-order valence-corrected chi connectivity index (χ2v) is 7.93. The quantitative estimate of drug-likeness (QED) is 0.635. The third kappa shape index (κ3) is 4.06. The van der Waals surface area contributed by atoms with Gasteiger partial charge in [-0.05, 0) is 62.4 Å². The summed E-state index contributed by atoms with van der Waals surface area (Å²) >= 11 is 0. The van der Waals surface area contributed by atoms with E-state index in [1.54, 1.807) is 31.3 Å². The van der Waals surface area contributed by atoms with Crippen molar-refractivity contribution in [3.63, 3.8) is 0 Å². The fourth-order valence-electron chi connectivity index (χ4n) is 4.11. The van der Waals surface area contributed by atoms with E-state index in [0.29, 0.717) is 18.0 Å². The van der Waals surface area contributed by atoms with Crippen LogP contribution in [0, 0.1) is 19.8 Å². The number of carbonyl (C=O) groups excluding carboxylic acids is 2. The first-order chi connectivity index (χ1) is 15.4. The van der Waals surface area contributed by atoms with Gasteiger partial charge in [-0.2, -0.15) is 0 Å². The number of methoxy groups -OCH3 is 2. The van der Waals surface area contributed by atoms with E-state index in [0.717, 1.165) is 28.5 Å². The van der Waals surface area contributed by atoms with E-state index in [-0.39, 0.29) is 18.2 Å². The van der Waals surface area contributed by atoms with Crippen molar-refractivity contribution in [1.82, 2.24) is 4.57 Å². The number of ether oxygens (including phenoxy) is 2. The fraction of sp³-hybridized carbons (Fsp3) is 0.280. The van der Waals surface area contributed by atoms with Crippen LogP contribution < -0.4 is 19.7 Å². The SMILES string of the molecule is COc1ccc(N2C[C@@H](C(=O)Nc3ccc(OC)cc3-n3c(C)ccc3C)CC2=O)cc1. The molecule has 3 aromatic rings. The molecule has 0 spiro atoms. The van der Waals surface area contributed by atoms with Crippen molar-refractivity contribution < 1.29 is 19.1 Å². The van der Waals surface area contributed by atoms with Gasteiger partial charge in [0.25, 0.3) is 0 Å². The van der Waals surface area contributed by atoms with Crippen LogP contribution in [0.3, 0.4) is 0 Å². The van der Waals surface area contributed by atoms with Gasteiger partial charge in [0.15, 0.2) is 0 Å². The van der Waals surface area contributed by atoms with E-state index >= 15 is 0 Å². The molecule has 166 valence electrons. The zero-order valence-corrected chi connectivity index (χ0v) is 18.7. The van der Waals surface area contributed by atoms with Gasteiger partial charge in [-0.1, -0.05) is 0 Å². The molecule has 2 aromatic carbocycles. The van der Waals surface area contributed by atoms with Crippen molar-refractivity contribution in [3.05, 3.63) is 66.0 Å². The maximum Gasteiger partial charge on any atom is 0.229 e. The summed E-state index contributed by atoms with van der Waals surface area (Å²) in [6.45, 7) is 4.37. The van der Waals surface area contributed by atoms with Gasteiger partial charge in [-0.25, -0.2) is 0 Å². The lowest BCUT2D eigenvalue weighted by atomic mass is 10.1. The number of amides is 2. The Morgan fingerprint density at radius 1 is 0.938 bits per heavy atom. The number of nitrogens with one attached hydrogen (secondary N) is 1. The predicted octanol–water partition coefficient (Wildman–Crippen LogP) is 4.10. The number of aromatic nitrogens is 1. The second kappa shape index (κ2) is 8.78. The van der Waals surface area contributed by atoms with Gasteiger partial charge < -0.3 is 24.3 Å². The van der Waals surface area contributed by atoms with Gasteiger partial charge in [-0.15, -0.1) is 0 Å². The van der Waals surface area contributed by atoms with Crippen LogP contribution >= 0.6 is 0 Å². The molecule has 1 N–H and O–H groups in total. The zero-order chi connectivity index (χ0) is 22.8. The van der Waals surface area contributed by atoms with Crippen molar-refractivity contribution in [1.29, 1.82) is 0 Å². The van der Waals surface area contributed by atoms with E-state index < -0.39 is 5.92 Å². The summed E-state index contributed by atoms with van der Waals surface area (Å²) in [5.74, 6) is 0.738. The number of nitrogens with zero attached hydrogens (tertiary/aromatic N) is 2. The van der Waals surface area contributed by atoms with Crippen LogP contribution in [0.4, 0.5) is 11.4 Å². The van der Waals surface area contributed by atoms with Crippen LogP contribution in [0.2, 0.25) is 0 Å². The molecule has 32 heavy (non-hydrogen) atoms. The smallest absolute Gasteiger partial charge is 0.229 e. The normalized spacial score (nSPS) is 15.7. The molecule has 2 amide bonds. The Bertz CT molecular complexity index is 1130. The number of hydrogen-bond donors (Lipinski definition) is 1. The highest BCUT2D eigenvalue weighted by molar-refractivity contribution is 6.04. The van der Waals surface area contributed by atoms with E-state index in [4.69, 9.17) is 9.47 Å². The molecule has 0 radical (unpaired) electrons. The lowest BCUT2D eigenvalue weighted by Crippen LogP contribution is -2.28. The molecule has 1 fully saturated rings. The van der Waals surface area contributed by atoms with E-state index in [1.807, 2.05) is 56.3 Å². The molecule has 1 atom stereocenters. The first-order valence-corrected chi connectivity index (χ1v) is 10.5. The minimum absolute atomic E-state index is 0.0673. The average Bonchev–Trinajstić information content (AvgIpc) is 3.36. The molecule has 0 bridgehead atoms. The molecule has 1 saturated heterocycles. The zero-order valence-electron chi connectivity index (χ0n) is 18.7. The Labute approximate surface area is 187 Å². The first kappa shape index (κ1) is 21.5. The Morgan fingerprint density at radius 3 is 2.19 bits per heavy atom. The van der Waals surface area contributed by atoms with Crippen LogP contribution in [-0.4, -0.2) is 37.1 Å². The standard InChI is InChI=1S/C25H27N3O4/c1-16-5-6-17(2)28(16)23-14-21(32-4)11-12-22(23)26-25(30)18-13-24(29)27(15-18)19-7-9-20(31-3)10-8-19/h5-12,14,18H,13,15H2,1-4H3,(H,26,30)/t18-/m0/s1. The molecule has 0 aliphatic carbocycles. The Kier molecular flexibility index (Phi) is 5.90. The molecule has 7 heteroatoms. The summed E-state index contributed by atoms with van der Waals surface area (Å²) in [6, 6.07) is 16.9. The van der Waals surface area contributed by atoms with Gasteiger partial charge in [-0.3, -0.25) is 9.59 Å². The van der Waals surface area contributed by atoms with E-state index in [9.17, 15) is 9.59 Å². The summed E-state index contributed by atoms with van der Waals surface area (Å²) in [4.78, 5) is 27.4. The Balaban J connectivity index is 1.56. The number of hydrogen-bond acceptors (Lipinski definition) is 4. The van der Waals surface area contributed by atoms with E-state index in [2.05, 4.69) is 9.88 Å². The molecular formula is C25H27N3O4. The van der Waals surface area contributed by atoms with Crippen LogP contribution in [0.5, 0.6) is 11.5 Å². The maximum absolute atomic E-state index is 13.1. The summed E-state index contributed by atoms with van der Waals surface area (Å²) < 4.78 is 12.7. The molecular weight excluding hydrogens is 406 g/mol. The third-order valence-corrected chi connectivity index (χ3v) is 5.85. The van der Waals surface area contributed by atoms with Crippen molar-refractivity contribution in [2.24, 2.45) is 5.92 Å². The number of anilines is 2. The maximum atomic E-state index is 13.1. The van der Waals surface area contributed by atoms with Gasteiger partial charge in [0.1, 0.15) is 11.5 Å². The molecule has 1 aliphatic heterocycles. The first-order valence-electron chi connectivity index (χ1n) is 10.5. The number of benzene rings is 2. The second-order valence-electron chi connectivity index (χ2n) is 7.93. The largest absolute Gasteiger partial charge is 0.497 e. The fourth-order valence-corrected chi connectivity index (χ4v) is 4.11. The summed E-state index contributed by atoms with van der Waals surface area (Å²) in [5, 5.41) is 3.04. The molecule has 7 nitrogen and oxygen atoms in total. The van der Waals surface area contributed by atoms with Crippen molar-refractivity contribution in [2.45, 2.75) is 20.3 Å². The van der Waals surface area contributed by atoms with Crippen LogP contribution in [-0.2, 0) is 9.59 Å². The van der Waals surface area contributed by atoms with Gasteiger partial charge in [0.2, 0.25) is 11.8 Å². The summed E-state index contributed by atoms with van der Waals surface area (Å²) in [6.07, 6.45) is 0.172. The Morgan fingerprint density at radius 2 is 1.56 bits per heavy atom. The molecule has 0 unspecified atom stereocenters. The molecule has 0 saturated carbocycles. The minimum Gasteiger partial charge on any atom is -0.497 e. The van der Waals surface area contributed by atoms with Gasteiger partial charge in [0, 0.05) is 36.1 Å². The molecule has 2 heterocycles. The van der Waals surface area contributed by atoms with Gasteiger partial charge >= 0.3 is 0 Å². The Hall–Kier alpha value is -3.74. The van der Waals surface area contributed by atoms with Crippen molar-refractivity contribution in [2.75, 3.05) is 31.0 Å². The lowest BCUT2D eigenvalue weighted by Gasteiger charge is -2.19. The number of rotatable bonds is 6. The minimum atomic E-state index is -0.439. The molecule has 4 rings (SSSR count). The summed E-state index contributed by atoms with van der Waals surface area (Å²) in [7, 11) is 3.21. The van der Waals surface area contributed by atoms with Gasteiger partial charge in [0.05, 0.1) is 31.5 Å². The highest BCUT2D eigenvalue weighted by atomic mass is 16.5. The highest BCUT2D eigenvalue weighted by Crippen LogP contribution is 2.31. The predicted molar refractivity (Wildman–Crippen MR) is 124 cm³/mol. The van der Waals surface area contributed by atoms with Crippen molar-refractivity contribution >= 4 is 23.2 Å². The van der Waals surface area contributed by atoms with E-state index in [1.165, 1.54) is 0 Å². The van der Waals surface area contributed by atoms with Crippen LogP contribution in [0.15, 0.2) is 54.6 Å². The van der Waals surface area contributed by atoms with Crippen LogP contribution in [0.1, 0.15) is 17.8 Å². The number of carbonyl (C=O) groups is 2. The highest BCUT2D eigenvalue weighted by Gasteiger charge is 2.35.